The number of halogens is 1. The summed E-state index contributed by atoms with van der Waals surface area (Å²) in [6.07, 6.45) is 5.63. The van der Waals surface area contributed by atoms with Gasteiger partial charge in [-0.3, -0.25) is 25.2 Å². The summed E-state index contributed by atoms with van der Waals surface area (Å²) in [7, 11) is 3.32. The highest BCUT2D eigenvalue weighted by molar-refractivity contribution is 8.13. The minimum Gasteiger partial charge on any atom is -0.481 e. The molecular weight excluding hydrogens is 445 g/mol. The van der Waals surface area contributed by atoms with Crippen molar-refractivity contribution in [3.8, 4) is 5.75 Å². The van der Waals surface area contributed by atoms with Gasteiger partial charge in [0.25, 0.3) is 5.91 Å². The first-order valence-electron chi connectivity index (χ1n) is 9.78. The van der Waals surface area contributed by atoms with Crippen LogP contribution < -0.4 is 20.4 Å². The molecule has 2 aromatic heterocycles. The van der Waals surface area contributed by atoms with Gasteiger partial charge in [-0.05, 0) is 24.3 Å². The van der Waals surface area contributed by atoms with Gasteiger partial charge in [-0.25, -0.2) is 4.39 Å². The van der Waals surface area contributed by atoms with Crippen LogP contribution in [-0.2, 0) is 4.79 Å². The fourth-order valence-corrected chi connectivity index (χ4v) is 4.14. The predicted octanol–water partition coefficient (Wildman–Crippen LogP) is 2.80. The van der Waals surface area contributed by atoms with Crippen molar-refractivity contribution in [1.82, 2.24) is 14.9 Å². The minimum atomic E-state index is -0.806. The molecule has 3 aromatic rings. The number of nitrogens with zero attached hydrogens (tertiary/aromatic N) is 3. The zero-order valence-electron chi connectivity index (χ0n) is 17.8. The fourth-order valence-electron chi connectivity index (χ4n) is 3.36. The highest BCUT2D eigenvalue weighted by Crippen LogP contribution is 2.38. The first-order valence-corrected chi connectivity index (χ1v) is 10.6. The van der Waals surface area contributed by atoms with Crippen molar-refractivity contribution >= 4 is 51.2 Å². The smallest absolute Gasteiger partial charge is 0.264 e. The van der Waals surface area contributed by atoms with Gasteiger partial charge in [0.05, 0.1) is 11.7 Å². The number of thioether (sulfide) groups is 1. The van der Waals surface area contributed by atoms with E-state index in [4.69, 9.17) is 21.0 Å². The Bertz CT molecular complexity index is 1400. The first-order chi connectivity index (χ1) is 15.8. The zero-order valence-corrected chi connectivity index (χ0v) is 18.6. The van der Waals surface area contributed by atoms with Gasteiger partial charge in [0.15, 0.2) is 28.8 Å². The zero-order chi connectivity index (χ0) is 23.7. The van der Waals surface area contributed by atoms with E-state index in [1.54, 1.807) is 38.5 Å². The molecule has 3 heterocycles. The van der Waals surface area contributed by atoms with Crippen LogP contribution in [-0.4, -0.2) is 47.5 Å². The van der Waals surface area contributed by atoms with E-state index in [-0.39, 0.29) is 17.7 Å². The predicted molar refractivity (Wildman–Crippen MR) is 126 cm³/mol. The molecule has 1 aliphatic heterocycles. The molecule has 0 atom stereocenters. The van der Waals surface area contributed by atoms with Crippen LogP contribution in [0, 0.1) is 22.0 Å². The third-order valence-corrected chi connectivity index (χ3v) is 5.97. The summed E-state index contributed by atoms with van der Waals surface area (Å²) in [5.41, 5.74) is 1.53. The molecular formula is C22H20FN7O2S. The Morgan fingerprint density at radius 2 is 2.15 bits per heavy atom. The summed E-state index contributed by atoms with van der Waals surface area (Å²) in [6, 6.07) is 6.50. The number of amides is 1. The molecule has 4 N–H and O–H groups in total. The number of pyridine rings is 2. The normalized spacial score (nSPS) is 13.5. The van der Waals surface area contributed by atoms with E-state index in [0.29, 0.717) is 38.4 Å². The van der Waals surface area contributed by atoms with Crippen LogP contribution in [0.25, 0.3) is 16.5 Å². The van der Waals surface area contributed by atoms with Crippen molar-refractivity contribution in [2.24, 2.45) is 0 Å². The minimum absolute atomic E-state index is 0.0740. The lowest BCUT2D eigenvalue weighted by molar-refractivity contribution is -0.120. The maximum absolute atomic E-state index is 14.4. The summed E-state index contributed by atoms with van der Waals surface area (Å²) in [5.74, 6) is -0.445. The molecule has 9 nitrogen and oxygen atoms in total. The van der Waals surface area contributed by atoms with E-state index in [1.807, 2.05) is 0 Å². The van der Waals surface area contributed by atoms with Gasteiger partial charge in [-0.1, -0.05) is 11.8 Å². The molecule has 0 bridgehead atoms. The van der Waals surface area contributed by atoms with Crippen molar-refractivity contribution in [2.45, 2.75) is 4.90 Å². The number of likely N-dealkylation sites (N-methyl/N-ethyl adjacent to an activating group) is 1. The maximum atomic E-state index is 14.4. The van der Waals surface area contributed by atoms with E-state index in [2.05, 4.69) is 10.3 Å². The van der Waals surface area contributed by atoms with Gasteiger partial charge in [0.1, 0.15) is 5.69 Å². The number of hydrogen-bond acceptors (Lipinski definition) is 8. The summed E-state index contributed by atoms with van der Waals surface area (Å²) < 4.78 is 21.2. The van der Waals surface area contributed by atoms with Crippen LogP contribution in [0.1, 0.15) is 5.56 Å². The number of anilines is 1. The van der Waals surface area contributed by atoms with E-state index in [9.17, 15) is 9.18 Å². The average Bonchev–Trinajstić information content (AvgIpc) is 2.81. The van der Waals surface area contributed by atoms with Gasteiger partial charge in [-0.2, -0.15) is 0 Å². The molecule has 0 radical (unpaired) electrons. The molecule has 0 fully saturated rings. The highest BCUT2D eigenvalue weighted by Gasteiger charge is 2.25. The van der Waals surface area contributed by atoms with Gasteiger partial charge < -0.3 is 20.4 Å². The molecule has 168 valence electrons. The van der Waals surface area contributed by atoms with Crippen molar-refractivity contribution < 1.29 is 13.9 Å². The van der Waals surface area contributed by atoms with Crippen LogP contribution in [0.5, 0.6) is 5.75 Å². The average molecular weight is 466 g/mol. The Morgan fingerprint density at radius 1 is 1.36 bits per heavy atom. The standard InChI is InChI=1S/C22H20FN7O2S/c1-27-8-13(7-24)12-5-16(23)21(25)30(10-12)22(26)33-14-3-4-17-15(6-14)20-18(9-28-17)29(2)19(31)11-32-20/h3-10,24-27H,11H2,1-2H3/b13-8+,24-7?,25-21?,26-22?. The molecule has 1 amide bonds. The lowest BCUT2D eigenvalue weighted by atomic mass is 10.1. The second-order valence-electron chi connectivity index (χ2n) is 7.13. The number of rotatable bonds is 4. The van der Waals surface area contributed by atoms with Crippen LogP contribution >= 0.6 is 11.8 Å². The molecule has 0 spiro atoms. The monoisotopic (exact) mass is 465 g/mol. The van der Waals surface area contributed by atoms with Crippen LogP contribution in [0.4, 0.5) is 10.1 Å². The van der Waals surface area contributed by atoms with Crippen LogP contribution in [0.2, 0.25) is 0 Å². The SMILES string of the molecule is CN/C=C(\C=N)c1cc(F)c(=N)n(C(=N)Sc2ccc3ncc4c(c3c2)OCC(=O)N4C)c1. The summed E-state index contributed by atoms with van der Waals surface area (Å²) in [6.45, 7) is -0.0740. The number of fused-ring (bicyclic) bond motifs is 3. The largest absolute Gasteiger partial charge is 0.481 e. The molecule has 0 saturated carbocycles. The Kier molecular flexibility index (Phi) is 5.97. The van der Waals surface area contributed by atoms with E-state index in [1.165, 1.54) is 17.3 Å². The number of nitrogens with one attached hydrogen (secondary N) is 4. The van der Waals surface area contributed by atoms with Crippen molar-refractivity contribution in [3.63, 3.8) is 0 Å². The van der Waals surface area contributed by atoms with Gasteiger partial charge in [0.2, 0.25) is 0 Å². The van der Waals surface area contributed by atoms with E-state index in [0.717, 1.165) is 28.6 Å². The number of benzene rings is 1. The summed E-state index contributed by atoms with van der Waals surface area (Å²) in [4.78, 5) is 18.5. The highest BCUT2D eigenvalue weighted by atomic mass is 32.2. The first kappa shape index (κ1) is 22.2. The number of allylic oxidation sites excluding steroid dienone is 1. The quantitative estimate of drug-likeness (QED) is 0.267. The number of carbonyl (C=O) groups excluding carboxylic acids is 1. The Labute approximate surface area is 192 Å². The molecule has 4 rings (SSSR count). The van der Waals surface area contributed by atoms with Crippen LogP contribution in [0.3, 0.4) is 0 Å². The van der Waals surface area contributed by atoms with Crippen molar-refractivity contribution in [1.29, 1.82) is 16.2 Å². The maximum Gasteiger partial charge on any atom is 0.264 e. The molecule has 11 heteroatoms. The lowest BCUT2D eigenvalue weighted by Crippen LogP contribution is -2.35. The van der Waals surface area contributed by atoms with Crippen molar-refractivity contribution in [2.75, 3.05) is 25.6 Å². The van der Waals surface area contributed by atoms with Gasteiger partial charge >= 0.3 is 0 Å². The third-order valence-electron chi connectivity index (χ3n) is 5.09. The molecule has 0 aliphatic carbocycles. The number of aromatic nitrogens is 2. The van der Waals surface area contributed by atoms with Gasteiger partial charge in [-0.15, -0.1) is 0 Å². The Morgan fingerprint density at radius 3 is 2.88 bits per heavy atom. The van der Waals surface area contributed by atoms with Gasteiger partial charge in [0, 0.05) is 54.1 Å². The van der Waals surface area contributed by atoms with E-state index < -0.39 is 11.3 Å². The second kappa shape index (κ2) is 8.87. The second-order valence-corrected chi connectivity index (χ2v) is 8.19. The molecule has 1 aliphatic rings. The summed E-state index contributed by atoms with van der Waals surface area (Å²) >= 11 is 1.03. The van der Waals surface area contributed by atoms with Crippen LogP contribution in [0.15, 0.2) is 47.8 Å². The summed E-state index contributed by atoms with van der Waals surface area (Å²) in [5, 5.41) is 27.5. The van der Waals surface area contributed by atoms with Crippen molar-refractivity contribution in [3.05, 3.63) is 59.7 Å². The third kappa shape index (κ3) is 4.10. The fraction of sp³-hybridized carbons (Fsp3) is 0.136. The topological polar surface area (TPSA) is 131 Å². The number of carbonyl (C=O) groups is 1. The molecule has 33 heavy (non-hydrogen) atoms. The molecule has 0 saturated heterocycles. The Balaban J connectivity index is 1.72. The number of ether oxygens (including phenoxy) is 1. The molecule has 0 unspecified atom stereocenters. The lowest BCUT2D eigenvalue weighted by Gasteiger charge is -2.26. The number of hydrogen-bond donors (Lipinski definition) is 4. The van der Waals surface area contributed by atoms with E-state index >= 15 is 0 Å². The Hall–Kier alpha value is -3.99. The molecule has 1 aromatic carbocycles.